The molecule has 1 heterocycles. The molecule has 1 fully saturated rings. The largest absolute Gasteiger partial charge is 0.466 e. The molecular weight excluding hydrogens is 316 g/mol. The smallest absolute Gasteiger partial charge is 0.305 e. The van der Waals surface area contributed by atoms with E-state index >= 15 is 0 Å². The lowest BCUT2D eigenvalue weighted by Gasteiger charge is -2.41. The monoisotopic (exact) mass is 336 g/mol. The van der Waals surface area contributed by atoms with Crippen LogP contribution in [0.1, 0.15) is 25.3 Å². The molecule has 124 valence electrons. The Balaban J connectivity index is 2.34. The number of carbonyl (C=O) groups is 1. The second-order valence-corrected chi connectivity index (χ2v) is 5.76. The number of nitriles is 1. The number of benzene rings is 1. The zero-order valence-corrected chi connectivity index (χ0v) is 14.0. The standard InChI is InChI=1S/C17H21ClN2O3/c1-2-23-16(21)7-8-17(13-19,20-9-11-22-12-10-20)14-5-3-4-6-15(14)18/h3-6H,2,7-12H2,1H3. The summed E-state index contributed by atoms with van der Waals surface area (Å²) in [6, 6.07) is 9.73. The van der Waals surface area contributed by atoms with Crippen LogP contribution in [0.4, 0.5) is 0 Å². The zero-order chi connectivity index (χ0) is 16.7. The first-order chi connectivity index (χ1) is 11.1. The number of esters is 1. The van der Waals surface area contributed by atoms with E-state index in [1.54, 1.807) is 13.0 Å². The van der Waals surface area contributed by atoms with E-state index in [1.807, 2.05) is 18.2 Å². The Labute approximate surface area is 141 Å². The van der Waals surface area contributed by atoms with Crippen molar-refractivity contribution in [2.75, 3.05) is 32.9 Å². The molecule has 6 heteroatoms. The first kappa shape index (κ1) is 17.7. The van der Waals surface area contributed by atoms with Crippen molar-refractivity contribution >= 4 is 17.6 Å². The second kappa shape index (κ2) is 8.30. The molecule has 1 atom stereocenters. The van der Waals surface area contributed by atoms with Gasteiger partial charge in [-0.25, -0.2) is 0 Å². The fourth-order valence-electron chi connectivity index (χ4n) is 2.91. The molecule has 0 N–H and O–H groups in total. The van der Waals surface area contributed by atoms with Gasteiger partial charge in [0.1, 0.15) is 5.54 Å². The lowest BCUT2D eigenvalue weighted by atomic mass is 9.84. The van der Waals surface area contributed by atoms with Crippen LogP contribution in [0.3, 0.4) is 0 Å². The van der Waals surface area contributed by atoms with E-state index in [0.717, 1.165) is 5.56 Å². The summed E-state index contributed by atoms with van der Waals surface area (Å²) in [5, 5.41) is 10.5. The molecule has 2 rings (SSSR count). The van der Waals surface area contributed by atoms with Crippen molar-refractivity contribution in [2.45, 2.75) is 25.3 Å². The third-order valence-corrected chi connectivity index (χ3v) is 4.38. The van der Waals surface area contributed by atoms with Crippen LogP contribution in [0.15, 0.2) is 24.3 Å². The summed E-state index contributed by atoms with van der Waals surface area (Å²) in [4.78, 5) is 13.8. The van der Waals surface area contributed by atoms with E-state index in [4.69, 9.17) is 21.1 Å². The van der Waals surface area contributed by atoms with Gasteiger partial charge in [-0.15, -0.1) is 0 Å². The average molecular weight is 337 g/mol. The van der Waals surface area contributed by atoms with Crippen molar-refractivity contribution < 1.29 is 14.3 Å². The Morgan fingerprint density at radius 2 is 2.13 bits per heavy atom. The quantitative estimate of drug-likeness (QED) is 0.747. The molecule has 0 spiro atoms. The maximum atomic E-state index is 11.8. The molecule has 0 aliphatic carbocycles. The molecular formula is C17H21ClN2O3. The molecule has 0 radical (unpaired) electrons. The van der Waals surface area contributed by atoms with E-state index in [9.17, 15) is 10.1 Å². The van der Waals surface area contributed by atoms with Crippen LogP contribution in [0.2, 0.25) is 5.02 Å². The summed E-state index contributed by atoms with van der Waals surface area (Å²) >= 11 is 6.36. The van der Waals surface area contributed by atoms with Gasteiger partial charge >= 0.3 is 5.97 Å². The predicted octanol–water partition coefficient (Wildman–Crippen LogP) is 2.73. The highest BCUT2D eigenvalue weighted by Crippen LogP contribution is 2.37. The van der Waals surface area contributed by atoms with Crippen molar-refractivity contribution in [3.63, 3.8) is 0 Å². The minimum atomic E-state index is -0.950. The molecule has 1 aromatic carbocycles. The lowest BCUT2D eigenvalue weighted by Crippen LogP contribution is -2.51. The molecule has 0 amide bonds. The van der Waals surface area contributed by atoms with Gasteiger partial charge in [0.2, 0.25) is 0 Å². The molecule has 1 aromatic rings. The Morgan fingerprint density at radius 1 is 1.43 bits per heavy atom. The van der Waals surface area contributed by atoms with Crippen LogP contribution >= 0.6 is 11.6 Å². The van der Waals surface area contributed by atoms with E-state index in [1.165, 1.54) is 0 Å². The third kappa shape index (κ3) is 4.03. The molecule has 0 saturated carbocycles. The third-order valence-electron chi connectivity index (χ3n) is 4.05. The maximum absolute atomic E-state index is 11.8. The highest BCUT2D eigenvalue weighted by molar-refractivity contribution is 6.31. The predicted molar refractivity (Wildman–Crippen MR) is 87.0 cm³/mol. The van der Waals surface area contributed by atoms with Crippen LogP contribution < -0.4 is 0 Å². The Hall–Kier alpha value is -1.61. The number of hydrogen-bond donors (Lipinski definition) is 0. The van der Waals surface area contributed by atoms with Crippen LogP contribution in [0.25, 0.3) is 0 Å². The first-order valence-electron chi connectivity index (χ1n) is 7.78. The number of rotatable bonds is 6. The Bertz CT molecular complexity index is 581. The van der Waals surface area contributed by atoms with Gasteiger partial charge in [0.15, 0.2) is 0 Å². The Morgan fingerprint density at radius 3 is 2.74 bits per heavy atom. The summed E-state index contributed by atoms with van der Waals surface area (Å²) in [5.41, 5.74) is -0.218. The van der Waals surface area contributed by atoms with Gasteiger partial charge < -0.3 is 9.47 Å². The van der Waals surface area contributed by atoms with Crippen molar-refractivity contribution in [3.05, 3.63) is 34.9 Å². The summed E-state index contributed by atoms with van der Waals surface area (Å²) in [7, 11) is 0. The summed E-state index contributed by atoms with van der Waals surface area (Å²) in [6.45, 7) is 4.48. The topological polar surface area (TPSA) is 62.6 Å². The highest BCUT2D eigenvalue weighted by Gasteiger charge is 2.41. The van der Waals surface area contributed by atoms with Crippen LogP contribution in [0, 0.1) is 11.3 Å². The molecule has 0 bridgehead atoms. The first-order valence-corrected chi connectivity index (χ1v) is 8.16. The van der Waals surface area contributed by atoms with Gasteiger partial charge in [0, 0.05) is 30.1 Å². The molecule has 0 aromatic heterocycles. The minimum Gasteiger partial charge on any atom is -0.466 e. The number of carbonyl (C=O) groups excluding carboxylic acids is 1. The average Bonchev–Trinajstić information content (AvgIpc) is 2.58. The number of hydrogen-bond acceptors (Lipinski definition) is 5. The zero-order valence-electron chi connectivity index (χ0n) is 13.3. The molecule has 1 aliphatic heterocycles. The van der Waals surface area contributed by atoms with Gasteiger partial charge in [-0.3, -0.25) is 9.69 Å². The summed E-state index contributed by atoms with van der Waals surface area (Å²) in [6.07, 6.45) is 0.510. The number of halogens is 1. The normalized spacial score (nSPS) is 18.0. The fraction of sp³-hybridized carbons (Fsp3) is 0.529. The molecule has 1 unspecified atom stereocenters. The number of ether oxygens (including phenoxy) is 2. The lowest BCUT2D eigenvalue weighted by molar-refractivity contribution is -0.144. The number of nitrogens with zero attached hydrogens (tertiary/aromatic N) is 2. The van der Waals surface area contributed by atoms with Crippen molar-refractivity contribution in [3.8, 4) is 6.07 Å². The van der Waals surface area contributed by atoms with Gasteiger partial charge in [-0.2, -0.15) is 5.26 Å². The molecule has 1 saturated heterocycles. The van der Waals surface area contributed by atoms with Crippen LogP contribution in [-0.4, -0.2) is 43.8 Å². The van der Waals surface area contributed by atoms with Gasteiger partial charge in [0.25, 0.3) is 0 Å². The van der Waals surface area contributed by atoms with Crippen LogP contribution in [0.5, 0.6) is 0 Å². The van der Waals surface area contributed by atoms with Crippen molar-refractivity contribution in [2.24, 2.45) is 0 Å². The summed E-state index contributed by atoms with van der Waals surface area (Å²) < 4.78 is 10.4. The van der Waals surface area contributed by atoms with Gasteiger partial charge in [-0.1, -0.05) is 29.8 Å². The number of morpholine rings is 1. The second-order valence-electron chi connectivity index (χ2n) is 5.36. The van der Waals surface area contributed by atoms with E-state index in [2.05, 4.69) is 11.0 Å². The van der Waals surface area contributed by atoms with E-state index in [0.29, 0.717) is 44.4 Å². The van der Waals surface area contributed by atoms with E-state index in [-0.39, 0.29) is 12.4 Å². The van der Waals surface area contributed by atoms with Crippen LogP contribution in [-0.2, 0) is 19.8 Å². The maximum Gasteiger partial charge on any atom is 0.305 e. The summed E-state index contributed by atoms with van der Waals surface area (Å²) in [5.74, 6) is -0.299. The SMILES string of the molecule is CCOC(=O)CCC(C#N)(c1ccccc1Cl)N1CCOCC1. The van der Waals surface area contributed by atoms with Gasteiger partial charge in [-0.05, 0) is 19.4 Å². The van der Waals surface area contributed by atoms with Crippen molar-refractivity contribution in [1.29, 1.82) is 5.26 Å². The van der Waals surface area contributed by atoms with E-state index < -0.39 is 5.54 Å². The minimum absolute atomic E-state index is 0.171. The Kier molecular flexibility index (Phi) is 6.40. The van der Waals surface area contributed by atoms with Crippen molar-refractivity contribution in [1.82, 2.24) is 4.90 Å². The van der Waals surface area contributed by atoms with Gasteiger partial charge in [0.05, 0.1) is 25.9 Å². The highest BCUT2D eigenvalue weighted by atomic mass is 35.5. The molecule has 1 aliphatic rings. The molecule has 5 nitrogen and oxygen atoms in total. The molecule has 23 heavy (non-hydrogen) atoms. The fourth-order valence-corrected chi connectivity index (χ4v) is 3.20.